The summed E-state index contributed by atoms with van der Waals surface area (Å²) < 4.78 is 1.95. The Morgan fingerprint density at radius 1 is 1.43 bits per heavy atom. The maximum Gasteiger partial charge on any atom is 0.191 e. The Morgan fingerprint density at radius 2 is 2.26 bits per heavy atom. The quantitative estimate of drug-likeness (QED) is 0.524. The van der Waals surface area contributed by atoms with Crippen molar-refractivity contribution in [3.05, 3.63) is 34.5 Å². The summed E-state index contributed by atoms with van der Waals surface area (Å²) in [5.41, 5.74) is -0.937. The second-order valence-corrected chi connectivity index (χ2v) is 6.28. The number of nitrogens with one attached hydrogen (secondary N) is 2. The molecule has 0 fully saturated rings. The molecule has 2 aromatic rings. The van der Waals surface area contributed by atoms with Crippen LogP contribution < -0.4 is 10.6 Å². The smallest absolute Gasteiger partial charge is 0.191 e. The molecule has 2 rings (SSSR count). The van der Waals surface area contributed by atoms with Crippen LogP contribution in [0.3, 0.4) is 0 Å². The van der Waals surface area contributed by atoms with Crippen LogP contribution in [-0.4, -0.2) is 38.9 Å². The van der Waals surface area contributed by atoms with E-state index in [4.69, 9.17) is 0 Å². The summed E-state index contributed by atoms with van der Waals surface area (Å²) in [6.07, 6.45) is 1.70. The fraction of sp³-hybridized carbons (Fsp3) is 0.533. The van der Waals surface area contributed by atoms with Gasteiger partial charge >= 0.3 is 0 Å². The maximum absolute atomic E-state index is 10.6. The standard InChI is InChI=1S/C15H24N6OS/c1-4-16-14(17-9-13-20-19-11-21(13)5-2)18-10-15(3,22)12-7-6-8-23-12/h6-8,11,22H,4-5,9-10H2,1-3H3,(H2,16,17,18). The van der Waals surface area contributed by atoms with E-state index in [1.54, 1.807) is 13.3 Å². The lowest BCUT2D eigenvalue weighted by molar-refractivity contribution is 0.0655. The van der Waals surface area contributed by atoms with Crippen LogP contribution in [0.5, 0.6) is 0 Å². The van der Waals surface area contributed by atoms with E-state index < -0.39 is 5.60 Å². The van der Waals surface area contributed by atoms with Crippen molar-refractivity contribution in [2.75, 3.05) is 13.1 Å². The third-order valence-electron chi connectivity index (χ3n) is 3.41. The van der Waals surface area contributed by atoms with Gasteiger partial charge in [-0.25, -0.2) is 4.99 Å². The highest BCUT2D eigenvalue weighted by atomic mass is 32.1. The first-order chi connectivity index (χ1) is 11.1. The lowest BCUT2D eigenvalue weighted by Crippen LogP contribution is -2.44. The van der Waals surface area contributed by atoms with E-state index >= 15 is 0 Å². The van der Waals surface area contributed by atoms with Crippen molar-refractivity contribution in [2.24, 2.45) is 4.99 Å². The summed E-state index contributed by atoms with van der Waals surface area (Å²) in [6.45, 7) is 8.21. The maximum atomic E-state index is 10.6. The van der Waals surface area contributed by atoms with Crippen LogP contribution in [0.15, 0.2) is 28.8 Å². The molecular formula is C15H24N6OS. The highest BCUT2D eigenvalue weighted by Crippen LogP contribution is 2.24. The van der Waals surface area contributed by atoms with Crippen LogP contribution in [-0.2, 0) is 18.7 Å². The molecule has 7 nitrogen and oxygen atoms in total. The molecule has 0 aliphatic heterocycles. The van der Waals surface area contributed by atoms with Crippen molar-refractivity contribution in [1.29, 1.82) is 0 Å². The topological polar surface area (TPSA) is 87.4 Å². The van der Waals surface area contributed by atoms with Gasteiger partial charge in [-0.05, 0) is 32.2 Å². The summed E-state index contributed by atoms with van der Waals surface area (Å²) in [7, 11) is 0. The molecule has 2 heterocycles. The predicted molar refractivity (Wildman–Crippen MR) is 92.4 cm³/mol. The molecular weight excluding hydrogens is 312 g/mol. The van der Waals surface area contributed by atoms with Gasteiger partial charge in [-0.3, -0.25) is 0 Å². The molecule has 3 N–H and O–H groups in total. The second kappa shape index (κ2) is 8.07. The fourth-order valence-electron chi connectivity index (χ4n) is 2.08. The van der Waals surface area contributed by atoms with Crippen molar-refractivity contribution >= 4 is 17.3 Å². The number of nitrogens with zero attached hydrogens (tertiary/aromatic N) is 4. The molecule has 0 saturated heterocycles. The highest BCUT2D eigenvalue weighted by molar-refractivity contribution is 7.10. The van der Waals surface area contributed by atoms with Gasteiger partial charge in [-0.15, -0.1) is 21.5 Å². The molecule has 0 aliphatic rings. The number of thiophene rings is 1. The Labute approximate surface area is 140 Å². The first kappa shape index (κ1) is 17.4. The van der Waals surface area contributed by atoms with Crippen molar-refractivity contribution in [2.45, 2.75) is 39.5 Å². The van der Waals surface area contributed by atoms with E-state index in [2.05, 4.69) is 25.8 Å². The number of rotatable bonds is 7. The molecule has 0 amide bonds. The van der Waals surface area contributed by atoms with Crippen molar-refractivity contribution < 1.29 is 5.11 Å². The van der Waals surface area contributed by atoms with Gasteiger partial charge in [-0.2, -0.15) is 0 Å². The van der Waals surface area contributed by atoms with Gasteiger partial charge in [0, 0.05) is 18.0 Å². The third-order valence-corrected chi connectivity index (χ3v) is 4.53. The van der Waals surface area contributed by atoms with Crippen LogP contribution in [0, 0.1) is 0 Å². The van der Waals surface area contributed by atoms with Gasteiger partial charge < -0.3 is 20.3 Å². The predicted octanol–water partition coefficient (Wildman–Crippen LogP) is 1.32. The molecule has 0 saturated carbocycles. The molecule has 1 atom stereocenters. The highest BCUT2D eigenvalue weighted by Gasteiger charge is 2.24. The van der Waals surface area contributed by atoms with E-state index in [0.717, 1.165) is 23.8 Å². The molecule has 23 heavy (non-hydrogen) atoms. The van der Waals surface area contributed by atoms with Crippen molar-refractivity contribution in [3.63, 3.8) is 0 Å². The van der Waals surface area contributed by atoms with Crippen LogP contribution in [0.2, 0.25) is 0 Å². The Kier molecular flexibility index (Phi) is 6.12. The first-order valence-electron chi connectivity index (χ1n) is 7.72. The SMILES string of the molecule is CCNC(=NCc1nncn1CC)NCC(C)(O)c1cccs1. The number of aromatic nitrogens is 3. The van der Waals surface area contributed by atoms with Gasteiger partial charge in [0.15, 0.2) is 11.8 Å². The minimum absolute atomic E-state index is 0.375. The van der Waals surface area contributed by atoms with E-state index in [1.807, 2.05) is 35.9 Å². The Morgan fingerprint density at radius 3 is 2.91 bits per heavy atom. The molecule has 0 aliphatic carbocycles. The van der Waals surface area contributed by atoms with Crippen LogP contribution in [0.25, 0.3) is 0 Å². The number of hydrogen-bond acceptors (Lipinski definition) is 5. The minimum Gasteiger partial charge on any atom is -0.383 e. The summed E-state index contributed by atoms with van der Waals surface area (Å²) in [6, 6.07) is 3.87. The van der Waals surface area contributed by atoms with Crippen molar-refractivity contribution in [3.8, 4) is 0 Å². The molecule has 2 aromatic heterocycles. The number of aliphatic imine (C=N–C) groups is 1. The molecule has 1 unspecified atom stereocenters. The van der Waals surface area contributed by atoms with Gasteiger partial charge in [0.05, 0.1) is 6.54 Å². The number of aliphatic hydroxyl groups is 1. The minimum atomic E-state index is -0.937. The van der Waals surface area contributed by atoms with Crippen LogP contribution >= 0.6 is 11.3 Å². The van der Waals surface area contributed by atoms with E-state index in [-0.39, 0.29) is 0 Å². The average Bonchev–Trinajstić information content (AvgIpc) is 3.20. The zero-order valence-corrected chi connectivity index (χ0v) is 14.6. The van der Waals surface area contributed by atoms with Gasteiger partial charge in [0.1, 0.15) is 18.5 Å². The average molecular weight is 336 g/mol. The number of hydrogen-bond donors (Lipinski definition) is 3. The zero-order valence-electron chi connectivity index (χ0n) is 13.8. The van der Waals surface area contributed by atoms with Gasteiger partial charge in [-0.1, -0.05) is 6.07 Å². The van der Waals surface area contributed by atoms with Gasteiger partial charge in [0.25, 0.3) is 0 Å². The van der Waals surface area contributed by atoms with Gasteiger partial charge in [0.2, 0.25) is 0 Å². The molecule has 8 heteroatoms. The fourth-order valence-corrected chi connectivity index (χ4v) is 2.87. The van der Waals surface area contributed by atoms with E-state index in [0.29, 0.717) is 19.0 Å². The first-order valence-corrected chi connectivity index (χ1v) is 8.60. The zero-order chi connectivity index (χ0) is 16.7. The molecule has 0 spiro atoms. The summed E-state index contributed by atoms with van der Waals surface area (Å²) in [5.74, 6) is 1.46. The Hall–Kier alpha value is -1.93. The molecule has 126 valence electrons. The normalized spacial score (nSPS) is 14.5. The van der Waals surface area contributed by atoms with E-state index in [9.17, 15) is 5.11 Å². The lowest BCUT2D eigenvalue weighted by Gasteiger charge is -2.23. The summed E-state index contributed by atoms with van der Waals surface area (Å²) >= 11 is 1.54. The second-order valence-electron chi connectivity index (χ2n) is 5.33. The lowest BCUT2D eigenvalue weighted by atomic mass is 10.1. The third kappa shape index (κ3) is 4.77. The van der Waals surface area contributed by atoms with Crippen LogP contribution in [0.1, 0.15) is 31.5 Å². The molecule has 0 bridgehead atoms. The van der Waals surface area contributed by atoms with Crippen molar-refractivity contribution in [1.82, 2.24) is 25.4 Å². The number of guanidine groups is 1. The van der Waals surface area contributed by atoms with E-state index in [1.165, 1.54) is 11.3 Å². The largest absolute Gasteiger partial charge is 0.383 e. The Bertz CT molecular complexity index is 620. The monoisotopic (exact) mass is 336 g/mol. The Balaban J connectivity index is 1.99. The summed E-state index contributed by atoms with van der Waals surface area (Å²) in [4.78, 5) is 5.44. The van der Waals surface area contributed by atoms with Crippen LogP contribution in [0.4, 0.5) is 0 Å². The number of aryl methyl sites for hydroxylation is 1. The molecule has 0 radical (unpaired) electrons. The summed E-state index contributed by atoms with van der Waals surface area (Å²) in [5, 5.41) is 26.9. The molecule has 0 aromatic carbocycles.